The fourth-order valence-corrected chi connectivity index (χ4v) is 0.744. The molecule has 0 fully saturated rings. The van der Waals surface area contributed by atoms with Crippen molar-refractivity contribution in [1.29, 1.82) is 0 Å². The zero-order valence-corrected chi connectivity index (χ0v) is 7.03. The molecule has 0 spiro atoms. The van der Waals surface area contributed by atoms with Crippen molar-refractivity contribution in [1.82, 2.24) is 15.3 Å². The van der Waals surface area contributed by atoms with E-state index in [1.54, 1.807) is 6.07 Å². The Morgan fingerprint density at radius 3 is 2.85 bits per heavy atom. The lowest BCUT2D eigenvalue weighted by Crippen LogP contribution is -2.25. The molecule has 1 amide bonds. The number of aromatic nitrogens is 2. The summed E-state index contributed by atoms with van der Waals surface area (Å²) in [6.07, 6.45) is 8.57. The van der Waals surface area contributed by atoms with Crippen molar-refractivity contribution >= 4 is 5.91 Å². The van der Waals surface area contributed by atoms with Crippen LogP contribution < -0.4 is 5.32 Å². The first-order valence-electron chi connectivity index (χ1n) is 3.83. The molecule has 4 nitrogen and oxygen atoms in total. The van der Waals surface area contributed by atoms with Crippen molar-refractivity contribution in [2.24, 2.45) is 0 Å². The van der Waals surface area contributed by atoms with E-state index in [9.17, 15) is 4.79 Å². The van der Waals surface area contributed by atoms with Gasteiger partial charge >= 0.3 is 0 Å². The van der Waals surface area contributed by atoms with E-state index >= 15 is 0 Å². The van der Waals surface area contributed by atoms with Crippen LogP contribution in [0.2, 0.25) is 0 Å². The second-order valence-electron chi connectivity index (χ2n) is 2.28. The number of hydrogen-bond acceptors (Lipinski definition) is 3. The highest BCUT2D eigenvalue weighted by Gasteiger charge is 2.05. The van der Waals surface area contributed by atoms with Crippen LogP contribution in [0.1, 0.15) is 17.0 Å². The average molecular weight is 175 g/mol. The Bertz CT molecular complexity index is 315. The topological polar surface area (TPSA) is 54.9 Å². The third-order valence-corrected chi connectivity index (χ3v) is 1.32. The lowest BCUT2D eigenvalue weighted by Gasteiger charge is -1.99. The highest BCUT2D eigenvalue weighted by atomic mass is 16.2. The predicted octanol–water partition coefficient (Wildman–Crippen LogP) is 0.230. The van der Waals surface area contributed by atoms with E-state index in [0.29, 0.717) is 13.0 Å². The molecule has 4 heteroatoms. The molecule has 0 saturated heterocycles. The monoisotopic (exact) mass is 175 g/mol. The molecule has 0 aromatic carbocycles. The van der Waals surface area contributed by atoms with Crippen LogP contribution in [-0.2, 0) is 0 Å². The zero-order chi connectivity index (χ0) is 9.52. The summed E-state index contributed by atoms with van der Waals surface area (Å²) >= 11 is 0. The molecule has 66 valence electrons. The number of rotatable bonds is 3. The second-order valence-corrected chi connectivity index (χ2v) is 2.28. The van der Waals surface area contributed by atoms with Crippen LogP contribution in [0.5, 0.6) is 0 Å². The number of carbonyl (C=O) groups is 1. The molecular weight excluding hydrogens is 166 g/mol. The minimum atomic E-state index is -0.296. The van der Waals surface area contributed by atoms with E-state index in [1.165, 1.54) is 12.4 Å². The average Bonchev–Trinajstić information content (AvgIpc) is 2.19. The van der Waals surface area contributed by atoms with Gasteiger partial charge in [0.1, 0.15) is 0 Å². The molecule has 0 atom stereocenters. The zero-order valence-electron chi connectivity index (χ0n) is 7.03. The highest BCUT2D eigenvalue weighted by molar-refractivity contribution is 5.90. The summed E-state index contributed by atoms with van der Waals surface area (Å²) in [5, 5.41) is 2.59. The summed E-state index contributed by atoms with van der Waals surface area (Å²) in [6.45, 7) is 0.452. The summed E-state index contributed by atoms with van der Waals surface area (Å²) in [5.74, 6) is 2.29. The lowest BCUT2D eigenvalue weighted by atomic mass is 10.4. The van der Waals surface area contributed by atoms with Crippen LogP contribution in [0.3, 0.4) is 0 Å². The van der Waals surface area contributed by atoms with Crippen molar-refractivity contribution in [3.63, 3.8) is 0 Å². The fraction of sp³-hybridized carbons (Fsp3) is 0.222. The van der Waals surface area contributed by atoms with Crippen molar-refractivity contribution in [2.45, 2.75) is 6.42 Å². The standard InChI is InChI=1S/C9H9N3O/c1-2-3-5-12-9(13)8-10-6-4-7-11-8/h1,4,6-7H,3,5H2,(H,12,13). The highest BCUT2D eigenvalue weighted by Crippen LogP contribution is 1.86. The largest absolute Gasteiger partial charge is 0.348 e. The number of nitrogens with one attached hydrogen (secondary N) is 1. The van der Waals surface area contributed by atoms with Crippen LogP contribution in [0, 0.1) is 12.3 Å². The van der Waals surface area contributed by atoms with Gasteiger partial charge in [0.15, 0.2) is 0 Å². The van der Waals surface area contributed by atoms with Gasteiger partial charge in [-0.15, -0.1) is 12.3 Å². The maximum absolute atomic E-state index is 11.2. The molecule has 0 aliphatic heterocycles. The van der Waals surface area contributed by atoms with E-state index in [2.05, 4.69) is 21.2 Å². The van der Waals surface area contributed by atoms with Crippen molar-refractivity contribution in [3.05, 3.63) is 24.3 Å². The Balaban J connectivity index is 2.46. The van der Waals surface area contributed by atoms with E-state index in [4.69, 9.17) is 6.42 Å². The number of nitrogens with zero attached hydrogens (tertiary/aromatic N) is 2. The molecule has 0 aliphatic rings. The second kappa shape index (κ2) is 4.88. The fourth-order valence-electron chi connectivity index (χ4n) is 0.744. The minimum absolute atomic E-state index is 0.166. The SMILES string of the molecule is C#CCCNC(=O)c1ncccn1. The molecule has 0 saturated carbocycles. The molecule has 13 heavy (non-hydrogen) atoms. The molecule has 1 N–H and O–H groups in total. The predicted molar refractivity (Wildman–Crippen MR) is 47.8 cm³/mol. The minimum Gasteiger partial charge on any atom is -0.348 e. The molecular formula is C9H9N3O. The molecule has 0 bridgehead atoms. The van der Waals surface area contributed by atoms with Gasteiger partial charge in [-0.3, -0.25) is 4.79 Å². The summed E-state index contributed by atoms with van der Waals surface area (Å²) in [5.41, 5.74) is 0. The van der Waals surface area contributed by atoms with Gasteiger partial charge in [0, 0.05) is 25.4 Å². The lowest BCUT2D eigenvalue weighted by molar-refractivity contribution is 0.0944. The van der Waals surface area contributed by atoms with Crippen LogP contribution in [0.25, 0.3) is 0 Å². The molecule has 1 rings (SSSR count). The van der Waals surface area contributed by atoms with Crippen LogP contribution in [0.4, 0.5) is 0 Å². The van der Waals surface area contributed by atoms with E-state index in [-0.39, 0.29) is 11.7 Å². The molecule has 1 aromatic heterocycles. The third-order valence-electron chi connectivity index (χ3n) is 1.32. The van der Waals surface area contributed by atoms with Gasteiger partial charge in [0.2, 0.25) is 5.82 Å². The van der Waals surface area contributed by atoms with Gasteiger partial charge in [-0.05, 0) is 6.07 Å². The molecule has 0 radical (unpaired) electrons. The van der Waals surface area contributed by atoms with Gasteiger partial charge in [0.25, 0.3) is 5.91 Å². The Morgan fingerprint density at radius 2 is 2.23 bits per heavy atom. The number of carbonyl (C=O) groups excluding carboxylic acids is 1. The van der Waals surface area contributed by atoms with Crippen LogP contribution >= 0.6 is 0 Å². The summed E-state index contributed by atoms with van der Waals surface area (Å²) in [7, 11) is 0. The van der Waals surface area contributed by atoms with Gasteiger partial charge in [-0.1, -0.05) is 0 Å². The van der Waals surface area contributed by atoms with E-state index in [0.717, 1.165) is 0 Å². The van der Waals surface area contributed by atoms with Crippen molar-refractivity contribution in [2.75, 3.05) is 6.54 Å². The van der Waals surface area contributed by atoms with Crippen LogP contribution in [0.15, 0.2) is 18.5 Å². The Kier molecular flexibility index (Phi) is 3.45. The first-order chi connectivity index (χ1) is 6.34. The first kappa shape index (κ1) is 9.20. The van der Waals surface area contributed by atoms with Gasteiger partial charge in [0.05, 0.1) is 0 Å². The number of amides is 1. The smallest absolute Gasteiger partial charge is 0.289 e. The maximum Gasteiger partial charge on any atom is 0.289 e. The Morgan fingerprint density at radius 1 is 1.54 bits per heavy atom. The summed E-state index contributed by atoms with van der Waals surface area (Å²) in [6, 6.07) is 1.65. The quantitative estimate of drug-likeness (QED) is 0.528. The number of hydrogen-bond donors (Lipinski definition) is 1. The van der Waals surface area contributed by atoms with Gasteiger partial charge in [-0.25, -0.2) is 9.97 Å². The van der Waals surface area contributed by atoms with Crippen LogP contribution in [-0.4, -0.2) is 22.4 Å². The Hall–Kier alpha value is -1.89. The maximum atomic E-state index is 11.2. The van der Waals surface area contributed by atoms with Crippen molar-refractivity contribution in [3.8, 4) is 12.3 Å². The number of terminal acetylenes is 1. The van der Waals surface area contributed by atoms with Gasteiger partial charge in [-0.2, -0.15) is 0 Å². The Labute approximate surface area is 76.4 Å². The summed E-state index contributed by atoms with van der Waals surface area (Å²) in [4.78, 5) is 18.8. The normalized spacial score (nSPS) is 8.85. The van der Waals surface area contributed by atoms with E-state index < -0.39 is 0 Å². The van der Waals surface area contributed by atoms with Crippen molar-refractivity contribution < 1.29 is 4.79 Å². The third kappa shape index (κ3) is 2.91. The molecule has 1 heterocycles. The van der Waals surface area contributed by atoms with E-state index in [1.807, 2.05) is 0 Å². The molecule has 0 unspecified atom stereocenters. The first-order valence-corrected chi connectivity index (χ1v) is 3.83. The molecule has 0 aliphatic carbocycles. The van der Waals surface area contributed by atoms with Gasteiger partial charge < -0.3 is 5.32 Å². The molecule has 1 aromatic rings. The summed E-state index contributed by atoms with van der Waals surface area (Å²) < 4.78 is 0.